The number of nitrogens with zero attached hydrogens (tertiary/aromatic N) is 2. The predicted molar refractivity (Wildman–Crippen MR) is 126 cm³/mol. The quantitative estimate of drug-likeness (QED) is 0.378. The number of rotatable bonds is 5. The summed E-state index contributed by atoms with van der Waals surface area (Å²) in [6.45, 7) is 2.64. The number of aryl methyl sites for hydroxylation is 1. The van der Waals surface area contributed by atoms with E-state index in [2.05, 4.69) is 33.6 Å². The van der Waals surface area contributed by atoms with Crippen LogP contribution in [0, 0.1) is 23.7 Å². The minimum atomic E-state index is -3.77. The Hall–Kier alpha value is -2.50. The molecule has 1 unspecified atom stereocenters. The molecule has 1 atom stereocenters. The number of sulfone groups is 1. The van der Waals surface area contributed by atoms with E-state index in [-0.39, 0.29) is 12.8 Å². The molecule has 1 fully saturated rings. The smallest absolute Gasteiger partial charge is 0.264 e. The van der Waals surface area contributed by atoms with Crippen LogP contribution in [0.2, 0.25) is 0 Å². The Morgan fingerprint density at radius 1 is 1.36 bits per heavy atom. The van der Waals surface area contributed by atoms with Crippen LogP contribution < -0.4 is 5.48 Å². The van der Waals surface area contributed by atoms with Crippen LogP contribution in [0.15, 0.2) is 18.2 Å². The number of hydrogen-bond donors (Lipinski definition) is 2. The number of aromatic nitrogens is 1. The second-order valence-electron chi connectivity index (χ2n) is 8.50. The first kappa shape index (κ1) is 25.1. The zero-order valence-electron chi connectivity index (χ0n) is 18.7. The van der Waals surface area contributed by atoms with Gasteiger partial charge in [0.1, 0.15) is 4.75 Å². The van der Waals surface area contributed by atoms with E-state index >= 15 is 0 Å². The highest BCUT2D eigenvalue weighted by atomic mass is 32.2. The van der Waals surface area contributed by atoms with Gasteiger partial charge in [-0.2, -0.15) is 0 Å². The third-order valence-corrected chi connectivity index (χ3v) is 9.09. The number of thiazole rings is 1. The first-order valence-corrected chi connectivity index (χ1v) is 13.1. The van der Waals surface area contributed by atoms with Crippen LogP contribution in [0.3, 0.4) is 0 Å². The van der Waals surface area contributed by atoms with Crippen molar-refractivity contribution in [3.63, 3.8) is 0 Å². The van der Waals surface area contributed by atoms with Crippen molar-refractivity contribution < 1.29 is 22.8 Å². The lowest BCUT2D eigenvalue weighted by molar-refractivity contribution is -0.131. The van der Waals surface area contributed by atoms with E-state index in [0.29, 0.717) is 36.5 Å². The minimum absolute atomic E-state index is 0.0267. The largest absolute Gasteiger partial charge is 0.306 e. The lowest BCUT2D eigenvalue weighted by Gasteiger charge is -2.30. The molecule has 2 heterocycles. The highest BCUT2D eigenvalue weighted by Gasteiger charge is 2.43. The Balaban J connectivity index is 1.72. The maximum Gasteiger partial charge on any atom is 0.264 e. The maximum absolute atomic E-state index is 14.6. The zero-order valence-corrected chi connectivity index (χ0v) is 20.4. The van der Waals surface area contributed by atoms with Crippen molar-refractivity contribution in [2.75, 3.05) is 26.4 Å². The van der Waals surface area contributed by atoms with E-state index in [9.17, 15) is 17.6 Å². The van der Waals surface area contributed by atoms with Crippen molar-refractivity contribution >= 4 is 37.3 Å². The van der Waals surface area contributed by atoms with E-state index < -0.39 is 26.2 Å². The van der Waals surface area contributed by atoms with Gasteiger partial charge >= 0.3 is 0 Å². The van der Waals surface area contributed by atoms with E-state index in [4.69, 9.17) is 5.21 Å². The molecule has 7 nitrogen and oxygen atoms in total. The number of piperidine rings is 1. The maximum atomic E-state index is 14.6. The fourth-order valence-electron chi connectivity index (χ4n) is 3.43. The molecule has 0 aliphatic carbocycles. The van der Waals surface area contributed by atoms with Crippen molar-refractivity contribution in [2.45, 2.75) is 43.0 Å². The van der Waals surface area contributed by atoms with Crippen LogP contribution in [0.4, 0.5) is 4.39 Å². The molecule has 1 saturated heterocycles. The van der Waals surface area contributed by atoms with Crippen molar-refractivity contribution in [3.8, 4) is 23.7 Å². The van der Waals surface area contributed by atoms with Crippen molar-refractivity contribution in [1.82, 2.24) is 15.4 Å². The number of fused-ring (bicyclic) bond motifs is 1. The van der Waals surface area contributed by atoms with Crippen LogP contribution >= 0.6 is 11.3 Å². The summed E-state index contributed by atoms with van der Waals surface area (Å²) in [5.74, 6) is 9.99. The van der Waals surface area contributed by atoms with Crippen molar-refractivity contribution in [1.29, 1.82) is 0 Å². The fourth-order valence-corrected chi connectivity index (χ4v) is 5.29. The Morgan fingerprint density at radius 2 is 2.06 bits per heavy atom. The molecule has 3 rings (SSSR count). The summed E-state index contributed by atoms with van der Waals surface area (Å²) < 4.78 is 37.9. The molecule has 1 aliphatic rings. The molecule has 1 aliphatic heterocycles. The summed E-state index contributed by atoms with van der Waals surface area (Å²) in [6.07, 6.45) is 1.95. The van der Waals surface area contributed by atoms with Gasteiger partial charge in [-0.1, -0.05) is 5.92 Å². The number of carbonyl (C=O) groups excluding carboxylic acids is 1. The van der Waals surface area contributed by atoms with Crippen molar-refractivity contribution in [3.05, 3.63) is 28.8 Å². The Morgan fingerprint density at radius 3 is 2.70 bits per heavy atom. The Kier molecular flexibility index (Phi) is 7.45. The zero-order chi connectivity index (χ0) is 24.3. The molecule has 1 amide bonds. The average Bonchev–Trinajstić information content (AvgIpc) is 3.18. The second kappa shape index (κ2) is 9.78. The van der Waals surface area contributed by atoms with Crippen LogP contribution in [0.1, 0.15) is 36.8 Å². The van der Waals surface area contributed by atoms with Crippen LogP contribution in [-0.2, 0) is 21.1 Å². The van der Waals surface area contributed by atoms with Gasteiger partial charge in [0.2, 0.25) is 0 Å². The van der Waals surface area contributed by atoms with Gasteiger partial charge in [0, 0.05) is 44.2 Å². The van der Waals surface area contributed by atoms with E-state index in [1.165, 1.54) is 23.7 Å². The van der Waals surface area contributed by atoms with E-state index in [1.807, 2.05) is 13.1 Å². The topological polar surface area (TPSA) is 99.6 Å². The summed E-state index contributed by atoms with van der Waals surface area (Å²) in [4.78, 5) is 18.5. The standard InChI is InChI=1S/C23H26FN3O4S2/c1-22(21(28)26-29,33(3,30)31)11-9-20-25-18-8-7-17(16-19(18)32-20)6-4-5-10-23(24)12-14-27(2)15-13-23/h7-8,16,29H,9,11-15H2,1-3H3,(H,26,28). The number of halogens is 1. The van der Waals surface area contributed by atoms with Crippen LogP contribution in [0.25, 0.3) is 10.2 Å². The van der Waals surface area contributed by atoms with Gasteiger partial charge < -0.3 is 4.90 Å². The number of benzene rings is 1. The number of alkyl halides is 1. The molecular weight excluding hydrogens is 465 g/mol. The molecule has 10 heteroatoms. The minimum Gasteiger partial charge on any atom is -0.306 e. The fraction of sp³-hybridized carbons (Fsp3) is 0.478. The Bertz CT molecular complexity index is 1280. The van der Waals surface area contributed by atoms with Gasteiger partial charge in [-0.25, -0.2) is 23.3 Å². The molecule has 0 saturated carbocycles. The van der Waals surface area contributed by atoms with Gasteiger partial charge in [-0.05, 0) is 56.4 Å². The van der Waals surface area contributed by atoms with E-state index in [0.717, 1.165) is 16.5 Å². The summed E-state index contributed by atoms with van der Waals surface area (Å²) >= 11 is 1.37. The first-order chi connectivity index (χ1) is 15.5. The molecule has 0 bridgehead atoms. The molecule has 2 aromatic rings. The second-order valence-corrected chi connectivity index (χ2v) is 12.1. The molecule has 1 aromatic carbocycles. The number of likely N-dealkylation sites (tertiary alicyclic amines) is 1. The monoisotopic (exact) mass is 491 g/mol. The van der Waals surface area contributed by atoms with Gasteiger partial charge in [0.15, 0.2) is 15.5 Å². The van der Waals surface area contributed by atoms with Crippen molar-refractivity contribution in [2.24, 2.45) is 0 Å². The Labute approximate surface area is 197 Å². The number of hydroxylamine groups is 1. The van der Waals surface area contributed by atoms with Gasteiger partial charge in [0.05, 0.1) is 15.2 Å². The molecule has 0 spiro atoms. The van der Waals surface area contributed by atoms with Gasteiger partial charge in [0.25, 0.3) is 5.91 Å². The first-order valence-electron chi connectivity index (χ1n) is 10.4. The highest BCUT2D eigenvalue weighted by Crippen LogP contribution is 2.28. The van der Waals surface area contributed by atoms with Gasteiger partial charge in [-0.15, -0.1) is 11.3 Å². The summed E-state index contributed by atoms with van der Waals surface area (Å²) in [5.41, 5.74) is 1.41. The average molecular weight is 492 g/mol. The number of nitrogens with one attached hydrogen (secondary N) is 1. The van der Waals surface area contributed by atoms with Gasteiger partial charge in [-0.3, -0.25) is 10.0 Å². The summed E-state index contributed by atoms with van der Waals surface area (Å²) in [6, 6.07) is 5.44. The molecule has 176 valence electrons. The molecule has 1 aromatic heterocycles. The van der Waals surface area contributed by atoms with Crippen LogP contribution in [-0.4, -0.2) is 66.2 Å². The summed E-state index contributed by atoms with van der Waals surface area (Å²) in [5, 5.41) is 9.61. The molecule has 33 heavy (non-hydrogen) atoms. The number of hydrogen-bond acceptors (Lipinski definition) is 7. The number of amides is 1. The molecule has 2 N–H and O–H groups in total. The summed E-state index contributed by atoms with van der Waals surface area (Å²) in [7, 11) is -1.80. The van der Waals surface area contributed by atoms with E-state index in [1.54, 1.807) is 12.1 Å². The molecule has 0 radical (unpaired) electrons. The SMILES string of the molecule is CN1CCC(F)(C#CC#Cc2ccc3nc(CCC(C)(C(=O)NO)S(C)(=O)=O)sc3c2)CC1. The van der Waals surface area contributed by atoms with Crippen LogP contribution in [0.5, 0.6) is 0 Å². The normalized spacial score (nSPS) is 17.8. The lowest BCUT2D eigenvalue weighted by atomic mass is 9.94. The molecular formula is C23H26FN3O4S2. The predicted octanol–water partition coefficient (Wildman–Crippen LogP) is 2.33. The third kappa shape index (κ3) is 5.90. The highest BCUT2D eigenvalue weighted by molar-refractivity contribution is 7.92. The third-order valence-electron chi connectivity index (χ3n) is 5.98. The number of carbonyl (C=O) groups is 1. The lowest BCUT2D eigenvalue weighted by Crippen LogP contribution is -2.49.